The molecule has 9 heteroatoms. The molecule has 0 bridgehead atoms. The number of rotatable bonds is 4. The molecular formula is C18H18FN3O4S. The van der Waals surface area contributed by atoms with Crippen molar-refractivity contribution in [3.05, 3.63) is 59.9 Å². The van der Waals surface area contributed by atoms with E-state index in [2.05, 4.69) is 16.0 Å². The van der Waals surface area contributed by atoms with Crippen molar-refractivity contribution in [2.75, 3.05) is 18.1 Å². The summed E-state index contributed by atoms with van der Waals surface area (Å²) >= 11 is 0. The van der Waals surface area contributed by atoms with Gasteiger partial charge in [0.25, 0.3) is 0 Å². The lowest BCUT2D eigenvalue weighted by molar-refractivity contribution is -0.120. The molecule has 1 fully saturated rings. The molecule has 2 atom stereocenters. The van der Waals surface area contributed by atoms with Gasteiger partial charge in [0.1, 0.15) is 11.9 Å². The van der Waals surface area contributed by atoms with Crippen LogP contribution in [0.5, 0.6) is 0 Å². The minimum Gasteiger partial charge on any atom is -0.354 e. The zero-order valence-electron chi connectivity index (χ0n) is 14.4. The molecule has 0 unspecified atom stereocenters. The number of halogens is 1. The lowest BCUT2D eigenvalue weighted by atomic mass is 9.94. The molecule has 1 saturated heterocycles. The highest BCUT2D eigenvalue weighted by molar-refractivity contribution is 7.90. The normalized spacial score (nSPS) is 19.4. The number of amides is 3. The van der Waals surface area contributed by atoms with Gasteiger partial charge in [0.05, 0.1) is 4.90 Å². The van der Waals surface area contributed by atoms with Crippen LogP contribution in [0.4, 0.5) is 14.9 Å². The van der Waals surface area contributed by atoms with E-state index in [4.69, 9.17) is 0 Å². The van der Waals surface area contributed by atoms with Crippen LogP contribution in [0.15, 0.2) is 53.4 Å². The van der Waals surface area contributed by atoms with Crippen molar-refractivity contribution in [1.82, 2.24) is 10.6 Å². The second kappa shape index (κ2) is 7.36. The summed E-state index contributed by atoms with van der Waals surface area (Å²) in [5, 5.41) is 7.84. The van der Waals surface area contributed by atoms with Crippen molar-refractivity contribution >= 4 is 27.5 Å². The number of nitrogens with one attached hydrogen (secondary N) is 3. The number of anilines is 1. The molecule has 3 amide bonds. The number of hydrogen-bond acceptors (Lipinski definition) is 4. The molecule has 0 radical (unpaired) electrons. The van der Waals surface area contributed by atoms with Crippen LogP contribution >= 0.6 is 0 Å². The Morgan fingerprint density at radius 1 is 1.11 bits per heavy atom. The monoisotopic (exact) mass is 391 g/mol. The number of carbonyl (C=O) groups excluding carboxylic acids is 2. The highest BCUT2D eigenvalue weighted by Crippen LogP contribution is 2.25. The number of urea groups is 1. The van der Waals surface area contributed by atoms with Gasteiger partial charge in [-0.1, -0.05) is 12.1 Å². The van der Waals surface area contributed by atoms with E-state index in [1.807, 2.05) is 0 Å². The lowest BCUT2D eigenvalue weighted by Crippen LogP contribution is -2.44. The number of sulfone groups is 1. The van der Waals surface area contributed by atoms with E-state index in [9.17, 15) is 22.4 Å². The van der Waals surface area contributed by atoms with Gasteiger partial charge in [0.2, 0.25) is 5.91 Å². The van der Waals surface area contributed by atoms with Gasteiger partial charge in [-0.15, -0.1) is 0 Å². The summed E-state index contributed by atoms with van der Waals surface area (Å²) in [5.41, 5.74) is 1.12. The number of hydrogen-bond donors (Lipinski definition) is 3. The van der Waals surface area contributed by atoms with Crippen LogP contribution in [0.3, 0.4) is 0 Å². The van der Waals surface area contributed by atoms with Gasteiger partial charge in [-0.05, 0) is 42.0 Å². The van der Waals surface area contributed by atoms with E-state index < -0.39 is 27.7 Å². The van der Waals surface area contributed by atoms with Gasteiger partial charge >= 0.3 is 6.03 Å². The molecule has 3 rings (SSSR count). The van der Waals surface area contributed by atoms with E-state index in [1.54, 1.807) is 12.1 Å². The SMILES string of the molecule is CS(=O)(=O)c1ccc([C@@H]2CNC(=O)[C@H]2NC(=O)Nc2ccc(F)cc2)cc1. The van der Waals surface area contributed by atoms with Crippen molar-refractivity contribution in [2.24, 2.45) is 0 Å². The van der Waals surface area contributed by atoms with E-state index in [0.717, 1.165) is 11.8 Å². The molecule has 0 saturated carbocycles. The highest BCUT2D eigenvalue weighted by atomic mass is 32.2. The van der Waals surface area contributed by atoms with Gasteiger partial charge in [-0.2, -0.15) is 0 Å². The minimum absolute atomic E-state index is 0.182. The first kappa shape index (κ1) is 18.8. The summed E-state index contributed by atoms with van der Waals surface area (Å²) in [7, 11) is -3.31. The quantitative estimate of drug-likeness (QED) is 0.737. The van der Waals surface area contributed by atoms with E-state index in [0.29, 0.717) is 12.2 Å². The van der Waals surface area contributed by atoms with Crippen LogP contribution in [0.2, 0.25) is 0 Å². The molecule has 1 aliphatic rings. The average Bonchev–Trinajstić information content (AvgIpc) is 2.97. The van der Waals surface area contributed by atoms with E-state index in [1.165, 1.54) is 36.4 Å². The Balaban J connectivity index is 1.72. The molecule has 0 spiro atoms. The summed E-state index contributed by atoms with van der Waals surface area (Å²) in [6.07, 6.45) is 1.12. The Kier molecular flexibility index (Phi) is 5.13. The predicted molar refractivity (Wildman–Crippen MR) is 97.6 cm³/mol. The molecule has 7 nitrogen and oxygen atoms in total. The summed E-state index contributed by atoms with van der Waals surface area (Å²) in [4.78, 5) is 24.5. The average molecular weight is 391 g/mol. The van der Waals surface area contributed by atoms with Crippen LogP contribution in [0.1, 0.15) is 11.5 Å². The number of carbonyl (C=O) groups is 2. The van der Waals surface area contributed by atoms with Gasteiger partial charge in [-0.3, -0.25) is 4.79 Å². The van der Waals surface area contributed by atoms with E-state index >= 15 is 0 Å². The highest BCUT2D eigenvalue weighted by Gasteiger charge is 2.36. The van der Waals surface area contributed by atoms with Crippen LogP contribution in [0.25, 0.3) is 0 Å². The molecule has 142 valence electrons. The summed E-state index contributed by atoms with van der Waals surface area (Å²) in [6.45, 7) is 0.318. The Bertz CT molecular complexity index is 959. The first-order valence-electron chi connectivity index (χ1n) is 8.15. The summed E-state index contributed by atoms with van der Waals surface area (Å²) in [5.74, 6) is -1.10. The molecule has 1 heterocycles. The van der Waals surface area contributed by atoms with Gasteiger partial charge in [0, 0.05) is 24.4 Å². The zero-order chi connectivity index (χ0) is 19.6. The largest absolute Gasteiger partial charge is 0.354 e. The summed E-state index contributed by atoms with van der Waals surface area (Å²) in [6, 6.07) is 10.0. The Morgan fingerprint density at radius 3 is 2.33 bits per heavy atom. The summed E-state index contributed by atoms with van der Waals surface area (Å²) < 4.78 is 36.1. The Hall–Kier alpha value is -2.94. The van der Waals surface area contributed by atoms with Crippen LogP contribution < -0.4 is 16.0 Å². The second-order valence-corrected chi connectivity index (χ2v) is 8.29. The van der Waals surface area contributed by atoms with Gasteiger partial charge in [-0.25, -0.2) is 17.6 Å². The first-order valence-corrected chi connectivity index (χ1v) is 10.0. The van der Waals surface area contributed by atoms with Crippen molar-refractivity contribution in [3.8, 4) is 0 Å². The molecule has 2 aromatic carbocycles. The molecule has 0 aromatic heterocycles. The van der Waals surface area contributed by atoms with Crippen molar-refractivity contribution in [2.45, 2.75) is 16.9 Å². The zero-order valence-corrected chi connectivity index (χ0v) is 15.2. The molecule has 3 N–H and O–H groups in total. The maximum Gasteiger partial charge on any atom is 0.319 e. The van der Waals surface area contributed by atoms with Gasteiger partial charge in [0.15, 0.2) is 9.84 Å². The van der Waals surface area contributed by atoms with Gasteiger partial charge < -0.3 is 16.0 Å². The molecule has 1 aliphatic heterocycles. The predicted octanol–water partition coefficient (Wildman–Crippen LogP) is 1.63. The first-order chi connectivity index (χ1) is 12.7. The lowest BCUT2D eigenvalue weighted by Gasteiger charge is -2.19. The molecule has 0 aliphatic carbocycles. The fourth-order valence-electron chi connectivity index (χ4n) is 2.90. The van der Waals surface area contributed by atoms with E-state index in [-0.39, 0.29) is 16.7 Å². The molecule has 2 aromatic rings. The minimum atomic E-state index is -3.31. The molecular weight excluding hydrogens is 373 g/mol. The Morgan fingerprint density at radius 2 is 1.74 bits per heavy atom. The third-order valence-corrected chi connectivity index (χ3v) is 5.43. The van der Waals surface area contributed by atoms with Crippen molar-refractivity contribution in [3.63, 3.8) is 0 Å². The maximum absolute atomic E-state index is 12.9. The van der Waals surface area contributed by atoms with Crippen LogP contribution in [0, 0.1) is 5.82 Å². The Labute approximate surface area is 155 Å². The van der Waals surface area contributed by atoms with Crippen LogP contribution in [-0.4, -0.2) is 39.2 Å². The fourth-order valence-corrected chi connectivity index (χ4v) is 3.53. The second-order valence-electron chi connectivity index (χ2n) is 6.28. The van der Waals surface area contributed by atoms with Crippen molar-refractivity contribution in [1.29, 1.82) is 0 Å². The topological polar surface area (TPSA) is 104 Å². The number of benzene rings is 2. The smallest absolute Gasteiger partial charge is 0.319 e. The third kappa shape index (κ3) is 4.43. The molecule has 27 heavy (non-hydrogen) atoms. The van der Waals surface area contributed by atoms with Crippen molar-refractivity contribution < 1.29 is 22.4 Å². The third-order valence-electron chi connectivity index (χ3n) is 4.31. The van der Waals surface area contributed by atoms with Crippen LogP contribution in [-0.2, 0) is 14.6 Å². The standard InChI is InChI=1S/C18H18FN3O4S/c1-27(25,26)14-8-2-11(3-9-14)15-10-20-17(23)16(15)22-18(24)21-13-6-4-12(19)5-7-13/h2-9,15-16H,10H2,1H3,(H,20,23)(H2,21,22,24)/t15-,16-/m0/s1. The maximum atomic E-state index is 12.9. The fraction of sp³-hybridized carbons (Fsp3) is 0.222.